The average molecular weight is 933 g/mol. The van der Waals surface area contributed by atoms with E-state index in [4.69, 9.17) is 28.9 Å². The molecule has 16 nitrogen and oxygen atoms in total. The molecule has 2 aromatic carbocycles. The summed E-state index contributed by atoms with van der Waals surface area (Å²) in [6, 6.07) is 10.9. The molecule has 2 unspecified atom stereocenters. The van der Waals surface area contributed by atoms with Crippen LogP contribution in [0.4, 0.5) is 9.59 Å². The van der Waals surface area contributed by atoms with Crippen LogP contribution in [0.15, 0.2) is 48.8 Å². The van der Waals surface area contributed by atoms with Crippen molar-refractivity contribution < 1.29 is 38.1 Å². The van der Waals surface area contributed by atoms with E-state index in [1.807, 2.05) is 49.9 Å². The first-order valence-electron chi connectivity index (χ1n) is 24.7. The van der Waals surface area contributed by atoms with Gasteiger partial charge in [-0.25, -0.2) is 19.6 Å². The van der Waals surface area contributed by atoms with Gasteiger partial charge in [0.15, 0.2) is 0 Å². The predicted molar refractivity (Wildman–Crippen MR) is 255 cm³/mol. The third kappa shape index (κ3) is 9.37. The number of carbonyl (C=O) groups is 4. The number of ether oxygens (including phenoxy) is 4. The fraction of sp³-hybridized carbons (Fsp3) is 0.577. The highest BCUT2D eigenvalue weighted by molar-refractivity contribution is 5.88. The number of aromatic nitrogens is 4. The lowest BCUT2D eigenvalue weighted by Crippen LogP contribution is -2.55. The number of aromatic amines is 2. The van der Waals surface area contributed by atoms with Crippen LogP contribution < -0.4 is 10.6 Å². The van der Waals surface area contributed by atoms with E-state index in [1.165, 1.54) is 30.9 Å². The minimum Gasteiger partial charge on any atom is -0.453 e. The number of H-pyrrole nitrogens is 2. The highest BCUT2D eigenvalue weighted by Gasteiger charge is 2.46. The fourth-order valence-electron chi connectivity index (χ4n) is 12.1. The second-order valence-electron chi connectivity index (χ2n) is 20.1. The normalized spacial score (nSPS) is 28.8. The number of carbonyl (C=O) groups excluding carboxylic acids is 4. The van der Waals surface area contributed by atoms with Crippen molar-refractivity contribution in [3.63, 3.8) is 0 Å². The number of hydrogen-bond donors (Lipinski definition) is 4. The topological polar surface area (TPSA) is 193 Å². The van der Waals surface area contributed by atoms with E-state index >= 15 is 0 Å². The minimum absolute atomic E-state index is 0.0217. The van der Waals surface area contributed by atoms with Crippen molar-refractivity contribution in [1.82, 2.24) is 40.4 Å². The summed E-state index contributed by atoms with van der Waals surface area (Å²) in [5.41, 5.74) is 8.85. The molecule has 68 heavy (non-hydrogen) atoms. The molecule has 0 saturated carbocycles. The van der Waals surface area contributed by atoms with Crippen LogP contribution in [0.2, 0.25) is 0 Å². The zero-order chi connectivity index (χ0) is 48.0. The van der Waals surface area contributed by atoms with Crippen molar-refractivity contribution in [3.05, 3.63) is 71.6 Å². The molecule has 4 aliphatic heterocycles. The fourth-order valence-corrected chi connectivity index (χ4v) is 12.1. The monoisotopic (exact) mass is 933 g/mol. The molecular weight excluding hydrogens is 865 g/mol. The van der Waals surface area contributed by atoms with E-state index in [9.17, 15) is 19.2 Å². The molecule has 1 aliphatic carbocycles. The van der Waals surface area contributed by atoms with E-state index in [-0.39, 0.29) is 72.2 Å². The quantitative estimate of drug-likeness (QED) is 0.114. The number of hydrogen-bond acceptors (Lipinski definition) is 10. The summed E-state index contributed by atoms with van der Waals surface area (Å²) in [7, 11) is 2.64. The maximum atomic E-state index is 14.5. The molecule has 4 saturated heterocycles. The van der Waals surface area contributed by atoms with E-state index in [0.29, 0.717) is 25.7 Å². The Labute approximate surface area is 399 Å². The molecule has 2 aromatic heterocycles. The third-order valence-electron chi connectivity index (χ3n) is 15.4. The number of fused-ring (bicyclic) bond motifs is 1. The van der Waals surface area contributed by atoms with Crippen LogP contribution in [-0.2, 0) is 41.4 Å². The van der Waals surface area contributed by atoms with Gasteiger partial charge in [-0.15, -0.1) is 0 Å². The zero-order valence-electron chi connectivity index (χ0n) is 40.7. The summed E-state index contributed by atoms with van der Waals surface area (Å²) < 4.78 is 21.9. The van der Waals surface area contributed by atoms with Gasteiger partial charge in [0.05, 0.1) is 74.5 Å². The van der Waals surface area contributed by atoms with Crippen LogP contribution in [-0.4, -0.2) is 117 Å². The van der Waals surface area contributed by atoms with Gasteiger partial charge >= 0.3 is 12.2 Å². The molecule has 364 valence electrons. The zero-order valence-corrected chi connectivity index (χ0v) is 40.7. The smallest absolute Gasteiger partial charge is 0.407 e. The highest BCUT2D eigenvalue weighted by Crippen LogP contribution is 2.43. The molecule has 0 bridgehead atoms. The van der Waals surface area contributed by atoms with Crippen LogP contribution in [0.25, 0.3) is 33.6 Å². The van der Waals surface area contributed by atoms with Crippen molar-refractivity contribution in [2.24, 2.45) is 11.8 Å². The van der Waals surface area contributed by atoms with Gasteiger partial charge in [-0.3, -0.25) is 9.59 Å². The number of nitrogens with one attached hydrogen (secondary N) is 4. The number of methoxy groups -OCH3 is 2. The van der Waals surface area contributed by atoms with Crippen LogP contribution in [0.1, 0.15) is 128 Å². The second kappa shape index (κ2) is 19.7. The molecule has 4 aromatic rings. The van der Waals surface area contributed by atoms with Gasteiger partial charge in [-0.05, 0) is 145 Å². The molecule has 4 N–H and O–H groups in total. The van der Waals surface area contributed by atoms with Gasteiger partial charge in [0.1, 0.15) is 23.7 Å². The summed E-state index contributed by atoms with van der Waals surface area (Å²) in [4.78, 5) is 74.8. The number of alkyl carbamates (subject to hydrolysis) is 2. The number of nitrogens with zero attached hydrogens (tertiary/aromatic N) is 4. The molecule has 12 atom stereocenters. The molecule has 5 aliphatic rings. The summed E-state index contributed by atoms with van der Waals surface area (Å²) in [5.74, 6) is 1.07. The van der Waals surface area contributed by atoms with Crippen LogP contribution >= 0.6 is 0 Å². The highest BCUT2D eigenvalue weighted by atomic mass is 16.5. The lowest BCUT2D eigenvalue weighted by molar-refractivity contribution is -0.141. The SMILES string of the molecule is COC(=O)N[C@H](C(=O)N1[C@@H](C)CC[C@H]1c1ncc(-c2ccc(-c3ccc(-c4cnc([C@@H]5CC[C@H](C)N5C(=O)[C@@H](NC(=O)OC)C5C[C@@H](C)O[C@@H](C)C5)[nH]4)c4c3CC4)cc2)[nH]1)C1C[C@@H](C)O[C@@H](C)C1. The van der Waals surface area contributed by atoms with Gasteiger partial charge < -0.3 is 49.3 Å². The minimum atomic E-state index is -0.734. The molecule has 4 fully saturated rings. The molecule has 4 amide bonds. The molecule has 16 heteroatoms. The van der Waals surface area contributed by atoms with Gasteiger partial charge in [0.25, 0.3) is 0 Å². The van der Waals surface area contributed by atoms with Crippen molar-refractivity contribution in [3.8, 4) is 33.6 Å². The number of rotatable bonds is 11. The predicted octanol–water partition coefficient (Wildman–Crippen LogP) is 8.19. The van der Waals surface area contributed by atoms with E-state index < -0.39 is 24.3 Å². The molecule has 0 radical (unpaired) electrons. The Bertz CT molecular complexity index is 2470. The largest absolute Gasteiger partial charge is 0.453 e. The maximum absolute atomic E-state index is 14.5. The van der Waals surface area contributed by atoms with Gasteiger partial charge in [-0.2, -0.15) is 0 Å². The van der Waals surface area contributed by atoms with Crippen molar-refractivity contribution in [2.45, 2.75) is 166 Å². The summed E-state index contributed by atoms with van der Waals surface area (Å²) in [5, 5.41) is 5.78. The molecule has 9 rings (SSSR count). The Morgan fingerprint density at radius 1 is 0.588 bits per heavy atom. The van der Waals surface area contributed by atoms with Crippen LogP contribution in [0.3, 0.4) is 0 Å². The van der Waals surface area contributed by atoms with Gasteiger partial charge in [0.2, 0.25) is 11.8 Å². The Morgan fingerprint density at radius 3 is 1.46 bits per heavy atom. The summed E-state index contributed by atoms with van der Waals surface area (Å²) in [6.07, 6.45) is 10.2. The molecular formula is C52H68N8O8. The second-order valence-corrected chi connectivity index (χ2v) is 20.1. The Kier molecular flexibility index (Phi) is 13.7. The number of likely N-dealkylation sites (tertiary alicyclic amines) is 2. The average Bonchev–Trinajstić information content (AvgIpc) is 4.13. The number of benzene rings is 2. The van der Waals surface area contributed by atoms with E-state index in [2.05, 4.69) is 70.8 Å². The maximum Gasteiger partial charge on any atom is 0.407 e. The van der Waals surface area contributed by atoms with Crippen molar-refractivity contribution in [1.29, 1.82) is 0 Å². The number of amides is 4. The van der Waals surface area contributed by atoms with Gasteiger partial charge in [0, 0.05) is 17.6 Å². The molecule has 6 heterocycles. The summed E-state index contributed by atoms with van der Waals surface area (Å²) in [6.45, 7) is 12.2. The number of imidazole rings is 2. The Hall–Kier alpha value is -5.74. The first-order chi connectivity index (χ1) is 32.7. The van der Waals surface area contributed by atoms with Crippen molar-refractivity contribution in [2.75, 3.05) is 14.2 Å². The first kappa shape index (κ1) is 47.3. The Morgan fingerprint density at radius 2 is 1.00 bits per heavy atom. The van der Waals surface area contributed by atoms with E-state index in [0.717, 1.165) is 78.3 Å². The third-order valence-corrected chi connectivity index (χ3v) is 15.4. The Balaban J connectivity index is 0.899. The molecule has 0 spiro atoms. The lowest BCUT2D eigenvalue weighted by Gasteiger charge is -2.39. The standard InChI is InChI=1S/C52H68N8O8/c1-27-9-19-43(59(27)49(61)45(57-51(63)65-7)35-21-29(3)67-30(4)22-35)47-53-25-41(55-47)34-13-11-33(12-14-34)37-15-18-40(39-17-16-38(37)39)42-26-54-48(56-42)44-20-10-28(2)60(44)50(62)46(58-52(64)66-8)36-23-31(5)68-32(6)24-36/h11-15,18,25-32,35-36,43-46H,9-10,16-17,19-24H2,1-8H3,(H,53,55)(H,54,56)(H,57,63)(H,58,64)/t27-,28-,29-,30+,31-,32+,35?,36?,43-,44-,45-,46-/m0/s1. The first-order valence-corrected chi connectivity index (χ1v) is 24.7. The lowest BCUT2D eigenvalue weighted by atomic mass is 9.79. The van der Waals surface area contributed by atoms with E-state index in [1.54, 1.807) is 0 Å². The van der Waals surface area contributed by atoms with Crippen LogP contribution in [0, 0.1) is 11.8 Å². The van der Waals surface area contributed by atoms with Gasteiger partial charge in [-0.1, -0.05) is 36.4 Å². The van der Waals surface area contributed by atoms with Crippen molar-refractivity contribution >= 4 is 24.0 Å². The van der Waals surface area contributed by atoms with Crippen LogP contribution in [0.5, 0.6) is 0 Å². The summed E-state index contributed by atoms with van der Waals surface area (Å²) >= 11 is 0.